The molecule has 0 aliphatic heterocycles. The number of hydrogen-bond acceptors (Lipinski definition) is 3. The SMILES string of the molecule is Nc1ccc(N(C2CCCC2)P(N)(N)=O)c(O)c1. The van der Waals surface area contributed by atoms with Crippen molar-refractivity contribution in [1.29, 1.82) is 0 Å². The van der Waals surface area contributed by atoms with E-state index in [-0.39, 0.29) is 11.8 Å². The molecule has 0 atom stereocenters. The second-order valence-corrected chi connectivity index (χ2v) is 6.48. The lowest BCUT2D eigenvalue weighted by molar-refractivity contribution is 0.473. The minimum atomic E-state index is -3.46. The van der Waals surface area contributed by atoms with Gasteiger partial charge in [-0.3, -0.25) is 20.2 Å². The van der Waals surface area contributed by atoms with Gasteiger partial charge in [-0.2, -0.15) is 0 Å². The summed E-state index contributed by atoms with van der Waals surface area (Å²) in [5.74, 6) is -0.0435. The molecule has 1 fully saturated rings. The van der Waals surface area contributed by atoms with Crippen LogP contribution in [0.4, 0.5) is 11.4 Å². The minimum Gasteiger partial charge on any atom is -0.506 e. The van der Waals surface area contributed by atoms with E-state index in [0.717, 1.165) is 25.7 Å². The molecule has 1 aromatic rings. The summed E-state index contributed by atoms with van der Waals surface area (Å²) in [6.07, 6.45) is 3.86. The van der Waals surface area contributed by atoms with E-state index >= 15 is 0 Å². The van der Waals surface area contributed by atoms with Crippen molar-refractivity contribution in [2.45, 2.75) is 31.7 Å². The molecular weight excluding hydrogens is 251 g/mol. The quantitative estimate of drug-likeness (QED) is 0.491. The van der Waals surface area contributed by atoms with E-state index in [9.17, 15) is 9.67 Å². The van der Waals surface area contributed by atoms with Gasteiger partial charge in [0.15, 0.2) is 0 Å². The maximum Gasteiger partial charge on any atom is 0.301 e. The number of nitrogens with two attached hydrogens (primary N) is 3. The number of hydrogen-bond donors (Lipinski definition) is 4. The van der Waals surface area contributed by atoms with Crippen LogP contribution in [-0.4, -0.2) is 11.1 Å². The van der Waals surface area contributed by atoms with Gasteiger partial charge in [0.1, 0.15) is 5.75 Å². The Bertz CT molecular complexity index is 482. The zero-order valence-electron chi connectivity index (χ0n) is 10.1. The molecule has 1 aromatic carbocycles. The van der Waals surface area contributed by atoms with Gasteiger partial charge in [-0.05, 0) is 25.0 Å². The summed E-state index contributed by atoms with van der Waals surface area (Å²) in [7, 11) is -3.46. The fourth-order valence-corrected chi connectivity index (χ4v) is 3.75. The average molecular weight is 270 g/mol. The molecule has 100 valence electrons. The van der Waals surface area contributed by atoms with E-state index in [1.807, 2.05) is 0 Å². The summed E-state index contributed by atoms with van der Waals surface area (Å²) in [6.45, 7) is 0. The van der Waals surface area contributed by atoms with Crippen molar-refractivity contribution in [3.8, 4) is 5.75 Å². The van der Waals surface area contributed by atoms with E-state index in [4.69, 9.17) is 16.7 Å². The Hall–Kier alpha value is -1.23. The number of nitrogen functional groups attached to an aromatic ring is 1. The molecular formula is C11H19N4O2P. The number of phenols is 1. The van der Waals surface area contributed by atoms with Gasteiger partial charge in [0.05, 0.1) is 5.69 Å². The first-order valence-electron chi connectivity index (χ1n) is 5.95. The number of nitrogens with zero attached hydrogens (tertiary/aromatic N) is 1. The maximum absolute atomic E-state index is 12.1. The standard InChI is InChI=1S/C11H19N4O2P/c12-8-5-6-10(11(16)7-8)15(18(13,14)17)9-3-1-2-4-9/h5-7,9,16H,1-4,12H2,(H4,13,14,17). The highest BCUT2D eigenvalue weighted by molar-refractivity contribution is 7.60. The first-order chi connectivity index (χ1) is 8.39. The fourth-order valence-electron chi connectivity index (χ4n) is 2.50. The van der Waals surface area contributed by atoms with Crippen molar-refractivity contribution in [1.82, 2.24) is 0 Å². The Morgan fingerprint density at radius 1 is 1.28 bits per heavy atom. The number of rotatable bonds is 3. The summed E-state index contributed by atoms with van der Waals surface area (Å²) in [5, 5.41) is 9.93. The second kappa shape index (κ2) is 4.80. The molecule has 0 saturated heterocycles. The maximum atomic E-state index is 12.1. The predicted molar refractivity (Wildman–Crippen MR) is 73.2 cm³/mol. The Morgan fingerprint density at radius 2 is 1.89 bits per heavy atom. The average Bonchev–Trinajstić information content (AvgIpc) is 2.73. The lowest BCUT2D eigenvalue weighted by atomic mass is 10.2. The number of anilines is 2. The minimum absolute atomic E-state index is 0.0142. The van der Waals surface area contributed by atoms with E-state index in [1.165, 1.54) is 10.7 Å². The summed E-state index contributed by atoms with van der Waals surface area (Å²) in [5.41, 5.74) is 17.6. The molecule has 0 amide bonds. The monoisotopic (exact) mass is 270 g/mol. The van der Waals surface area contributed by atoms with Crippen LogP contribution in [0.2, 0.25) is 0 Å². The van der Waals surface area contributed by atoms with Crippen LogP contribution in [0.25, 0.3) is 0 Å². The molecule has 6 nitrogen and oxygen atoms in total. The van der Waals surface area contributed by atoms with Crippen molar-refractivity contribution >= 4 is 19.0 Å². The van der Waals surface area contributed by atoms with Crippen LogP contribution in [0.15, 0.2) is 18.2 Å². The molecule has 0 aromatic heterocycles. The lowest BCUT2D eigenvalue weighted by Gasteiger charge is -2.33. The van der Waals surface area contributed by atoms with E-state index in [2.05, 4.69) is 0 Å². The molecule has 1 aliphatic rings. The van der Waals surface area contributed by atoms with E-state index in [1.54, 1.807) is 12.1 Å². The van der Waals surface area contributed by atoms with E-state index < -0.39 is 7.59 Å². The van der Waals surface area contributed by atoms with Gasteiger partial charge in [0.2, 0.25) is 0 Å². The van der Waals surface area contributed by atoms with Crippen molar-refractivity contribution in [3.63, 3.8) is 0 Å². The van der Waals surface area contributed by atoms with Crippen LogP contribution in [-0.2, 0) is 4.57 Å². The Morgan fingerprint density at radius 3 is 2.39 bits per heavy atom. The number of phenolic OH excluding ortho intramolecular Hbond substituents is 1. The normalized spacial score (nSPS) is 17.0. The molecule has 1 saturated carbocycles. The van der Waals surface area contributed by atoms with Gasteiger partial charge in [-0.1, -0.05) is 12.8 Å². The van der Waals surface area contributed by atoms with Gasteiger partial charge in [-0.25, -0.2) is 0 Å². The molecule has 0 heterocycles. The molecule has 7 heteroatoms. The summed E-state index contributed by atoms with van der Waals surface area (Å²) < 4.78 is 13.5. The second-order valence-electron chi connectivity index (χ2n) is 4.70. The zero-order valence-corrected chi connectivity index (χ0v) is 11.0. The first-order valence-corrected chi connectivity index (χ1v) is 7.75. The third kappa shape index (κ3) is 2.61. The summed E-state index contributed by atoms with van der Waals surface area (Å²) in [6, 6.07) is 4.66. The van der Waals surface area contributed by atoms with Crippen LogP contribution in [0.1, 0.15) is 25.7 Å². The van der Waals surface area contributed by atoms with Gasteiger partial charge in [-0.15, -0.1) is 0 Å². The van der Waals surface area contributed by atoms with Gasteiger partial charge in [0.25, 0.3) is 0 Å². The van der Waals surface area contributed by atoms with Crippen LogP contribution in [0.5, 0.6) is 5.75 Å². The van der Waals surface area contributed by atoms with Crippen molar-refractivity contribution in [2.24, 2.45) is 11.0 Å². The zero-order chi connectivity index (χ0) is 13.3. The van der Waals surface area contributed by atoms with Crippen LogP contribution in [0, 0.1) is 0 Å². The van der Waals surface area contributed by atoms with Crippen molar-refractivity contribution < 1.29 is 9.67 Å². The topological polar surface area (TPSA) is 119 Å². The third-order valence-electron chi connectivity index (χ3n) is 3.25. The van der Waals surface area contributed by atoms with Gasteiger partial charge < -0.3 is 10.8 Å². The highest BCUT2D eigenvalue weighted by Crippen LogP contribution is 2.47. The molecule has 18 heavy (non-hydrogen) atoms. The molecule has 7 N–H and O–H groups in total. The Labute approximate surface area is 106 Å². The van der Waals surface area contributed by atoms with Crippen LogP contribution >= 0.6 is 7.59 Å². The van der Waals surface area contributed by atoms with Crippen molar-refractivity contribution in [3.05, 3.63) is 18.2 Å². The molecule has 0 radical (unpaired) electrons. The third-order valence-corrected chi connectivity index (χ3v) is 4.47. The first kappa shape index (κ1) is 13.2. The molecule has 0 spiro atoms. The Balaban J connectivity index is 2.42. The molecule has 2 rings (SSSR count). The highest BCUT2D eigenvalue weighted by Gasteiger charge is 2.33. The van der Waals surface area contributed by atoms with E-state index in [0.29, 0.717) is 11.4 Å². The molecule has 1 aliphatic carbocycles. The smallest absolute Gasteiger partial charge is 0.301 e. The lowest BCUT2D eigenvalue weighted by Crippen LogP contribution is -2.36. The summed E-state index contributed by atoms with van der Waals surface area (Å²) in [4.78, 5) is 0. The van der Waals surface area contributed by atoms with Crippen LogP contribution < -0.4 is 21.4 Å². The predicted octanol–water partition coefficient (Wildman–Crippen LogP) is 1.75. The Kier molecular flexibility index (Phi) is 3.52. The fraction of sp³-hybridized carbons (Fsp3) is 0.455. The molecule has 0 unspecified atom stereocenters. The van der Waals surface area contributed by atoms with Gasteiger partial charge >= 0.3 is 7.59 Å². The molecule has 0 bridgehead atoms. The number of benzene rings is 1. The number of aromatic hydroxyl groups is 1. The summed E-state index contributed by atoms with van der Waals surface area (Å²) >= 11 is 0. The highest BCUT2D eigenvalue weighted by atomic mass is 31.2. The largest absolute Gasteiger partial charge is 0.506 e. The van der Waals surface area contributed by atoms with Gasteiger partial charge in [0, 0.05) is 17.8 Å². The van der Waals surface area contributed by atoms with Crippen molar-refractivity contribution in [2.75, 3.05) is 10.4 Å². The van der Waals surface area contributed by atoms with Crippen LogP contribution in [0.3, 0.4) is 0 Å².